The quantitative estimate of drug-likeness (QED) is 0.466. The van der Waals surface area contributed by atoms with Gasteiger partial charge >= 0.3 is 5.97 Å². The van der Waals surface area contributed by atoms with E-state index in [2.05, 4.69) is 9.97 Å². The molecule has 6 nitrogen and oxygen atoms in total. The van der Waals surface area contributed by atoms with Gasteiger partial charge < -0.3 is 15.8 Å². The number of fused-ring (bicyclic) bond motifs is 1. The average Bonchev–Trinajstić information content (AvgIpc) is 3.16. The summed E-state index contributed by atoms with van der Waals surface area (Å²) in [6.45, 7) is 0. The van der Waals surface area contributed by atoms with Gasteiger partial charge in [-0.15, -0.1) is 0 Å². The van der Waals surface area contributed by atoms with Crippen molar-refractivity contribution in [1.82, 2.24) is 9.97 Å². The zero-order chi connectivity index (χ0) is 20.4. The fraction of sp³-hybridized carbons (Fsp3) is 0.0870. The fourth-order valence-electron chi connectivity index (χ4n) is 3.35. The van der Waals surface area contributed by atoms with Gasteiger partial charge in [0.2, 0.25) is 5.91 Å². The van der Waals surface area contributed by atoms with Gasteiger partial charge in [0.05, 0.1) is 0 Å². The third-order valence-electron chi connectivity index (χ3n) is 4.90. The molecule has 0 aliphatic carbocycles. The molecule has 1 amide bonds. The Labute approximate surface area is 167 Å². The topological polar surface area (TPSA) is 109 Å². The predicted octanol–water partition coefficient (Wildman–Crippen LogP) is 4.01. The first-order chi connectivity index (χ1) is 14.0. The van der Waals surface area contributed by atoms with Crippen LogP contribution in [0, 0.1) is 0 Å². The van der Waals surface area contributed by atoms with Gasteiger partial charge in [-0.3, -0.25) is 9.59 Å². The minimum absolute atomic E-state index is 0.115. The lowest BCUT2D eigenvalue weighted by molar-refractivity contribution is -0.136. The van der Waals surface area contributed by atoms with Gasteiger partial charge in [-0.1, -0.05) is 36.4 Å². The average molecular weight is 385 g/mol. The van der Waals surface area contributed by atoms with Crippen LogP contribution in [0.3, 0.4) is 0 Å². The summed E-state index contributed by atoms with van der Waals surface area (Å²) in [7, 11) is 0. The number of H-pyrrole nitrogens is 1. The van der Waals surface area contributed by atoms with Crippen LogP contribution >= 0.6 is 0 Å². The highest BCUT2D eigenvalue weighted by molar-refractivity contribution is 5.97. The summed E-state index contributed by atoms with van der Waals surface area (Å²) < 4.78 is 0. The third-order valence-corrected chi connectivity index (χ3v) is 4.90. The molecule has 4 aromatic rings. The van der Waals surface area contributed by atoms with Gasteiger partial charge in [0.1, 0.15) is 5.65 Å². The number of benzene rings is 2. The molecule has 6 heteroatoms. The van der Waals surface area contributed by atoms with Gasteiger partial charge in [0.25, 0.3) is 0 Å². The SMILES string of the molecule is NC(=O)c1cccc(-c2cnc3[nH]cc(-c4ccc(CCC(=O)O)cc4)c3c2)c1. The molecule has 2 aromatic carbocycles. The number of hydrogen-bond acceptors (Lipinski definition) is 3. The monoisotopic (exact) mass is 385 g/mol. The summed E-state index contributed by atoms with van der Waals surface area (Å²) in [6, 6.07) is 17.1. The highest BCUT2D eigenvalue weighted by Gasteiger charge is 2.10. The van der Waals surface area contributed by atoms with Crippen molar-refractivity contribution in [2.75, 3.05) is 0 Å². The molecular formula is C23H19N3O3. The molecule has 0 aliphatic heterocycles. The van der Waals surface area contributed by atoms with Crippen LogP contribution in [-0.4, -0.2) is 27.0 Å². The van der Waals surface area contributed by atoms with Crippen LogP contribution in [0.4, 0.5) is 0 Å². The molecule has 4 rings (SSSR count). The Hall–Kier alpha value is -3.93. The molecule has 2 aromatic heterocycles. The highest BCUT2D eigenvalue weighted by atomic mass is 16.4. The van der Waals surface area contributed by atoms with E-state index < -0.39 is 11.9 Å². The van der Waals surface area contributed by atoms with Crippen molar-refractivity contribution in [3.63, 3.8) is 0 Å². The number of carbonyl (C=O) groups is 2. The normalized spacial score (nSPS) is 10.9. The van der Waals surface area contributed by atoms with Crippen molar-refractivity contribution in [3.8, 4) is 22.3 Å². The van der Waals surface area contributed by atoms with Crippen molar-refractivity contribution in [2.24, 2.45) is 5.73 Å². The van der Waals surface area contributed by atoms with Gasteiger partial charge in [-0.25, -0.2) is 4.98 Å². The molecule has 0 fully saturated rings. The first-order valence-corrected chi connectivity index (χ1v) is 9.20. The van der Waals surface area contributed by atoms with Crippen molar-refractivity contribution >= 4 is 22.9 Å². The van der Waals surface area contributed by atoms with Crippen molar-refractivity contribution in [1.29, 1.82) is 0 Å². The van der Waals surface area contributed by atoms with Crippen molar-refractivity contribution < 1.29 is 14.7 Å². The summed E-state index contributed by atoms with van der Waals surface area (Å²) in [6.07, 6.45) is 4.29. The van der Waals surface area contributed by atoms with E-state index in [1.165, 1.54) is 0 Å². The lowest BCUT2D eigenvalue weighted by Gasteiger charge is -2.06. The molecule has 0 atom stereocenters. The van der Waals surface area contributed by atoms with Crippen LogP contribution in [0.25, 0.3) is 33.3 Å². The number of nitrogens with one attached hydrogen (secondary N) is 1. The molecule has 0 unspecified atom stereocenters. The Morgan fingerprint density at radius 2 is 1.79 bits per heavy atom. The zero-order valence-corrected chi connectivity index (χ0v) is 15.6. The van der Waals surface area contributed by atoms with Crippen LogP contribution in [-0.2, 0) is 11.2 Å². The van der Waals surface area contributed by atoms with E-state index in [4.69, 9.17) is 10.8 Å². The molecule has 0 spiro atoms. The second kappa shape index (κ2) is 7.59. The number of nitrogens with zero attached hydrogens (tertiary/aromatic N) is 1. The summed E-state index contributed by atoms with van der Waals surface area (Å²) >= 11 is 0. The number of pyridine rings is 1. The third kappa shape index (κ3) is 3.87. The van der Waals surface area contributed by atoms with E-state index in [0.717, 1.165) is 38.9 Å². The van der Waals surface area contributed by atoms with E-state index >= 15 is 0 Å². The number of nitrogens with two attached hydrogens (primary N) is 1. The highest BCUT2D eigenvalue weighted by Crippen LogP contribution is 2.31. The van der Waals surface area contributed by atoms with Crippen LogP contribution in [0.1, 0.15) is 22.3 Å². The van der Waals surface area contributed by atoms with Crippen molar-refractivity contribution in [3.05, 3.63) is 78.1 Å². The second-order valence-electron chi connectivity index (χ2n) is 6.86. The van der Waals surface area contributed by atoms with Gasteiger partial charge in [-0.2, -0.15) is 0 Å². The molecule has 29 heavy (non-hydrogen) atoms. The molecular weight excluding hydrogens is 366 g/mol. The minimum atomic E-state index is -0.801. The molecule has 0 bridgehead atoms. The fourth-order valence-corrected chi connectivity index (χ4v) is 3.35. The van der Waals surface area contributed by atoms with E-state index in [1.54, 1.807) is 24.4 Å². The summed E-state index contributed by atoms with van der Waals surface area (Å²) in [5, 5.41) is 9.79. The summed E-state index contributed by atoms with van der Waals surface area (Å²) in [4.78, 5) is 29.9. The van der Waals surface area contributed by atoms with Gasteiger partial charge in [-0.05, 0) is 41.3 Å². The molecule has 144 valence electrons. The number of rotatable bonds is 6. The van der Waals surface area contributed by atoms with E-state index in [9.17, 15) is 9.59 Å². The second-order valence-corrected chi connectivity index (χ2v) is 6.86. The largest absolute Gasteiger partial charge is 0.481 e. The van der Waals surface area contributed by atoms with Crippen molar-refractivity contribution in [2.45, 2.75) is 12.8 Å². The molecule has 4 N–H and O–H groups in total. The Morgan fingerprint density at radius 1 is 1.00 bits per heavy atom. The zero-order valence-electron chi connectivity index (χ0n) is 15.6. The lowest BCUT2D eigenvalue weighted by Crippen LogP contribution is -2.10. The lowest BCUT2D eigenvalue weighted by atomic mass is 9.99. The Morgan fingerprint density at radius 3 is 2.52 bits per heavy atom. The maximum Gasteiger partial charge on any atom is 0.303 e. The number of carbonyl (C=O) groups excluding carboxylic acids is 1. The number of aromatic amines is 1. The van der Waals surface area contributed by atoms with E-state index in [-0.39, 0.29) is 6.42 Å². The minimum Gasteiger partial charge on any atom is -0.481 e. The van der Waals surface area contributed by atoms with E-state index in [1.807, 2.05) is 42.6 Å². The molecule has 0 aliphatic rings. The molecule has 0 saturated heterocycles. The van der Waals surface area contributed by atoms with Gasteiger partial charge in [0, 0.05) is 40.9 Å². The Balaban J connectivity index is 1.70. The van der Waals surface area contributed by atoms with E-state index in [0.29, 0.717) is 12.0 Å². The number of aliphatic carboxylic acids is 1. The number of carboxylic acids is 1. The number of aromatic nitrogens is 2. The first-order valence-electron chi connectivity index (χ1n) is 9.20. The van der Waals surface area contributed by atoms with Crippen LogP contribution < -0.4 is 5.73 Å². The number of carboxylic acid groups (broad SMARTS) is 1. The molecule has 0 saturated carbocycles. The number of aryl methyl sites for hydroxylation is 1. The van der Waals surface area contributed by atoms with Gasteiger partial charge in [0.15, 0.2) is 0 Å². The first kappa shape index (κ1) is 18.4. The summed E-state index contributed by atoms with van der Waals surface area (Å²) in [5.74, 6) is -1.27. The Bertz CT molecular complexity index is 1210. The number of primary amides is 1. The number of hydrogen-bond donors (Lipinski definition) is 3. The van der Waals surface area contributed by atoms with Crippen LogP contribution in [0.15, 0.2) is 67.0 Å². The smallest absolute Gasteiger partial charge is 0.303 e. The van der Waals surface area contributed by atoms with Crippen LogP contribution in [0.2, 0.25) is 0 Å². The van der Waals surface area contributed by atoms with Crippen LogP contribution in [0.5, 0.6) is 0 Å². The molecule has 0 radical (unpaired) electrons. The maximum absolute atomic E-state index is 11.5. The summed E-state index contributed by atoms with van der Waals surface area (Å²) in [5.41, 5.74) is 11.4. The standard InChI is InChI=1S/C23H19N3O3/c24-22(29)17-3-1-2-16(10-17)18-11-19-20(13-26-23(19)25-12-18)15-7-4-14(5-8-15)6-9-21(27)28/h1-5,7-8,10-13H,6,9H2,(H2,24,29)(H,25,26)(H,27,28). The Kier molecular flexibility index (Phi) is 4.83. The number of amides is 1. The predicted molar refractivity (Wildman–Crippen MR) is 111 cm³/mol. The maximum atomic E-state index is 11.5. The molecule has 2 heterocycles.